The monoisotopic (exact) mass is 381 g/mol. The van der Waals surface area contributed by atoms with E-state index in [2.05, 4.69) is 29.0 Å². The highest BCUT2D eigenvalue weighted by Crippen LogP contribution is 2.23. The third-order valence-corrected chi connectivity index (χ3v) is 5.04. The fraction of sp³-hybridized carbons (Fsp3) is 0.364. The van der Waals surface area contributed by atoms with E-state index in [1.54, 1.807) is 13.4 Å². The van der Waals surface area contributed by atoms with E-state index in [-0.39, 0.29) is 11.9 Å². The van der Waals surface area contributed by atoms with Crippen LogP contribution in [0.1, 0.15) is 41.7 Å². The summed E-state index contributed by atoms with van der Waals surface area (Å²) in [6.45, 7) is 8.27. The van der Waals surface area contributed by atoms with E-state index >= 15 is 0 Å². The van der Waals surface area contributed by atoms with E-state index < -0.39 is 0 Å². The number of nitrogens with one attached hydrogen (secondary N) is 1. The van der Waals surface area contributed by atoms with Gasteiger partial charge in [0.05, 0.1) is 36.2 Å². The summed E-state index contributed by atoms with van der Waals surface area (Å²) in [5.41, 5.74) is 2.08. The lowest BCUT2D eigenvalue weighted by Crippen LogP contribution is -2.38. The van der Waals surface area contributed by atoms with Gasteiger partial charge in [-0.25, -0.2) is 0 Å². The number of nitrogens with zero attached hydrogens (tertiary/aromatic N) is 2. The minimum Gasteiger partial charge on any atom is -0.497 e. The molecule has 0 aliphatic carbocycles. The van der Waals surface area contributed by atoms with Crippen LogP contribution in [-0.2, 0) is 0 Å². The number of hydrogen-bond donors (Lipinski definition) is 1. The third kappa shape index (κ3) is 4.17. The van der Waals surface area contributed by atoms with E-state index in [0.717, 1.165) is 35.5 Å². The molecular formula is C22H27N3O3. The molecule has 0 fully saturated rings. The van der Waals surface area contributed by atoms with Gasteiger partial charge in [0.15, 0.2) is 0 Å². The molecule has 148 valence electrons. The summed E-state index contributed by atoms with van der Waals surface area (Å²) in [5, 5.41) is 3.96. The number of fused-ring (bicyclic) bond motifs is 1. The summed E-state index contributed by atoms with van der Waals surface area (Å²) in [4.78, 5) is 19.7. The quantitative estimate of drug-likeness (QED) is 0.640. The average Bonchev–Trinajstić information content (AvgIpc) is 3.24. The molecule has 0 saturated heterocycles. The molecule has 2 aromatic heterocycles. The summed E-state index contributed by atoms with van der Waals surface area (Å²) >= 11 is 0. The van der Waals surface area contributed by atoms with Gasteiger partial charge in [-0.1, -0.05) is 13.8 Å². The Kier molecular flexibility index (Phi) is 6.31. The fourth-order valence-corrected chi connectivity index (χ4v) is 3.44. The van der Waals surface area contributed by atoms with Crippen LogP contribution in [0.4, 0.5) is 0 Å². The molecule has 1 unspecified atom stereocenters. The van der Waals surface area contributed by atoms with Crippen LogP contribution in [-0.4, -0.2) is 42.5 Å². The Morgan fingerprint density at radius 1 is 1.25 bits per heavy atom. The van der Waals surface area contributed by atoms with Crippen molar-refractivity contribution in [3.05, 3.63) is 59.7 Å². The maximum Gasteiger partial charge on any atom is 0.253 e. The van der Waals surface area contributed by atoms with Crippen LogP contribution < -0.4 is 10.1 Å². The molecule has 3 rings (SSSR count). The van der Waals surface area contributed by atoms with Crippen molar-refractivity contribution in [2.24, 2.45) is 0 Å². The first-order valence-electron chi connectivity index (χ1n) is 9.58. The predicted octanol–water partition coefficient (Wildman–Crippen LogP) is 3.96. The van der Waals surface area contributed by atoms with Crippen LogP contribution in [0.2, 0.25) is 0 Å². The number of methoxy groups -OCH3 is 1. The molecule has 6 heteroatoms. The number of likely N-dealkylation sites (N-methyl/N-ethyl adjacent to an activating group) is 1. The number of pyridine rings is 1. The Bertz CT molecular complexity index is 934. The van der Waals surface area contributed by atoms with Gasteiger partial charge in [0.1, 0.15) is 11.5 Å². The first-order chi connectivity index (χ1) is 13.6. The average molecular weight is 381 g/mol. The van der Waals surface area contributed by atoms with Crippen LogP contribution >= 0.6 is 0 Å². The van der Waals surface area contributed by atoms with E-state index in [1.165, 1.54) is 0 Å². The first-order valence-corrected chi connectivity index (χ1v) is 9.58. The highest BCUT2D eigenvalue weighted by atomic mass is 16.5. The van der Waals surface area contributed by atoms with Crippen molar-refractivity contribution < 1.29 is 13.9 Å². The van der Waals surface area contributed by atoms with Crippen LogP contribution in [0.3, 0.4) is 0 Å². The van der Waals surface area contributed by atoms with E-state index in [4.69, 9.17) is 9.15 Å². The molecule has 1 aromatic carbocycles. The second-order valence-electron chi connectivity index (χ2n) is 6.64. The normalized spacial score (nSPS) is 12.3. The maximum absolute atomic E-state index is 12.9. The number of carbonyl (C=O) groups excluding carboxylic acids is 1. The van der Waals surface area contributed by atoms with Gasteiger partial charge in [0.25, 0.3) is 5.91 Å². The number of carbonyl (C=O) groups is 1. The summed E-state index contributed by atoms with van der Waals surface area (Å²) < 4.78 is 10.9. The Morgan fingerprint density at radius 3 is 2.68 bits per heavy atom. The molecule has 6 nitrogen and oxygen atoms in total. The van der Waals surface area contributed by atoms with Gasteiger partial charge in [0.2, 0.25) is 0 Å². The minimum absolute atomic E-state index is 0.00747. The summed E-state index contributed by atoms with van der Waals surface area (Å²) in [6, 6.07) is 11.4. The van der Waals surface area contributed by atoms with Gasteiger partial charge < -0.3 is 14.5 Å². The Labute approximate surface area is 165 Å². The van der Waals surface area contributed by atoms with Crippen molar-refractivity contribution in [1.29, 1.82) is 0 Å². The molecule has 0 spiro atoms. The third-order valence-electron chi connectivity index (χ3n) is 5.04. The number of ether oxygens (including phenoxy) is 1. The van der Waals surface area contributed by atoms with Gasteiger partial charge in [0, 0.05) is 18.0 Å². The van der Waals surface area contributed by atoms with Crippen molar-refractivity contribution in [3.63, 3.8) is 0 Å². The molecule has 0 saturated carbocycles. The maximum atomic E-state index is 12.9. The topological polar surface area (TPSA) is 67.6 Å². The zero-order chi connectivity index (χ0) is 20.1. The van der Waals surface area contributed by atoms with E-state index in [1.807, 2.05) is 43.3 Å². The molecule has 1 amide bonds. The number of aromatic nitrogens is 1. The second kappa shape index (κ2) is 8.89. The lowest BCUT2D eigenvalue weighted by molar-refractivity contribution is 0.0929. The Balaban J connectivity index is 1.80. The zero-order valence-corrected chi connectivity index (χ0v) is 16.9. The van der Waals surface area contributed by atoms with Crippen molar-refractivity contribution >= 4 is 16.8 Å². The zero-order valence-electron chi connectivity index (χ0n) is 16.9. The van der Waals surface area contributed by atoms with Gasteiger partial charge in [-0.15, -0.1) is 0 Å². The molecule has 0 radical (unpaired) electrons. The summed E-state index contributed by atoms with van der Waals surface area (Å²) in [7, 11) is 1.63. The summed E-state index contributed by atoms with van der Waals surface area (Å²) in [5.74, 6) is 1.47. The number of amides is 1. The SMILES string of the molecule is CCN(CC)C(CNC(=O)c1cc2ccc(OC)cc2nc1C)c1ccco1. The van der Waals surface area contributed by atoms with Gasteiger partial charge in [-0.2, -0.15) is 0 Å². The van der Waals surface area contributed by atoms with Crippen molar-refractivity contribution in [1.82, 2.24) is 15.2 Å². The molecule has 1 atom stereocenters. The summed E-state index contributed by atoms with van der Waals surface area (Å²) in [6.07, 6.45) is 1.67. The largest absolute Gasteiger partial charge is 0.497 e. The highest BCUT2D eigenvalue weighted by molar-refractivity contribution is 5.98. The smallest absolute Gasteiger partial charge is 0.253 e. The van der Waals surface area contributed by atoms with Crippen molar-refractivity contribution in [2.45, 2.75) is 26.8 Å². The van der Waals surface area contributed by atoms with E-state index in [9.17, 15) is 4.79 Å². The Hall–Kier alpha value is -2.86. The van der Waals surface area contributed by atoms with Crippen LogP contribution in [0, 0.1) is 6.92 Å². The molecule has 0 aliphatic heterocycles. The molecule has 0 bridgehead atoms. The first kappa shape index (κ1) is 19.9. The molecule has 28 heavy (non-hydrogen) atoms. The highest BCUT2D eigenvalue weighted by Gasteiger charge is 2.22. The minimum atomic E-state index is -0.133. The van der Waals surface area contributed by atoms with Crippen LogP contribution in [0.15, 0.2) is 47.1 Å². The molecular weight excluding hydrogens is 354 g/mol. The van der Waals surface area contributed by atoms with Crippen molar-refractivity contribution in [2.75, 3.05) is 26.7 Å². The van der Waals surface area contributed by atoms with Gasteiger partial charge >= 0.3 is 0 Å². The van der Waals surface area contributed by atoms with Crippen LogP contribution in [0.25, 0.3) is 10.9 Å². The number of furan rings is 1. The van der Waals surface area contributed by atoms with Crippen molar-refractivity contribution in [3.8, 4) is 5.75 Å². The number of hydrogen-bond acceptors (Lipinski definition) is 5. The van der Waals surface area contributed by atoms with E-state index in [0.29, 0.717) is 17.8 Å². The lowest BCUT2D eigenvalue weighted by atomic mass is 10.1. The van der Waals surface area contributed by atoms with Gasteiger partial charge in [-0.3, -0.25) is 14.7 Å². The number of rotatable bonds is 8. The number of aryl methyl sites for hydroxylation is 1. The van der Waals surface area contributed by atoms with Gasteiger partial charge in [-0.05, 0) is 50.3 Å². The molecule has 1 N–H and O–H groups in total. The Morgan fingerprint density at radius 2 is 2.04 bits per heavy atom. The second-order valence-corrected chi connectivity index (χ2v) is 6.64. The fourth-order valence-electron chi connectivity index (χ4n) is 3.44. The molecule has 0 aliphatic rings. The van der Waals surface area contributed by atoms with Crippen LogP contribution in [0.5, 0.6) is 5.75 Å². The molecule has 3 aromatic rings. The predicted molar refractivity (Wildman–Crippen MR) is 110 cm³/mol. The lowest BCUT2D eigenvalue weighted by Gasteiger charge is -2.28. The molecule has 2 heterocycles. The number of benzene rings is 1. The standard InChI is InChI=1S/C22H27N3O3/c1-5-25(6-2)20(21-8-7-11-28-21)14-23-22(26)18-12-16-9-10-17(27-4)13-19(16)24-15(18)3/h7-13,20H,5-6,14H2,1-4H3,(H,23,26).